The molecule has 0 atom stereocenters. The molecule has 0 bridgehead atoms. The highest BCUT2D eigenvalue weighted by Gasteiger charge is 2.02. The number of carbonyl (C=O) groups is 1. The lowest BCUT2D eigenvalue weighted by molar-refractivity contribution is -0.140. The Morgan fingerprint density at radius 2 is 2.11 bits per heavy atom. The molecular weight excluding hydrogens is 246 g/mol. The normalized spacial score (nSPS) is 10.6. The van der Waals surface area contributed by atoms with Gasteiger partial charge in [-0.25, -0.2) is 0 Å². The molecule has 0 amide bonds. The molecule has 0 unspecified atom stereocenters. The Hall–Kier alpha value is -2.04. The number of carbonyl (C=O) groups excluding carboxylic acids is 1. The van der Waals surface area contributed by atoms with Gasteiger partial charge in [0.25, 0.3) is 0 Å². The first-order chi connectivity index (χ1) is 9.27. The summed E-state index contributed by atoms with van der Waals surface area (Å²) in [6, 6.07) is 7.35. The minimum Gasteiger partial charge on any atom is -0.493 e. The predicted molar refractivity (Wildman–Crippen MR) is 71.8 cm³/mol. The second kappa shape index (κ2) is 8.97. The summed E-state index contributed by atoms with van der Waals surface area (Å²) >= 11 is 0. The Bertz CT molecular complexity index is 418. The maximum atomic E-state index is 10.9. The topological polar surface area (TPSA) is 68.1 Å². The molecule has 0 aliphatic heterocycles. The predicted octanol–water partition coefficient (Wildman–Crippen LogP) is 2.61. The van der Waals surface area contributed by atoms with Crippen molar-refractivity contribution in [3.8, 4) is 5.75 Å². The van der Waals surface area contributed by atoms with Crippen molar-refractivity contribution >= 4 is 12.2 Å². The van der Waals surface area contributed by atoms with Crippen molar-refractivity contribution in [1.82, 2.24) is 0 Å². The van der Waals surface area contributed by atoms with Crippen LogP contribution < -0.4 is 4.74 Å². The molecule has 0 saturated heterocycles. The van der Waals surface area contributed by atoms with Gasteiger partial charge in [-0.05, 0) is 31.4 Å². The fourth-order valence-corrected chi connectivity index (χ4v) is 1.61. The molecule has 0 heterocycles. The van der Waals surface area contributed by atoms with Gasteiger partial charge in [0, 0.05) is 12.0 Å². The van der Waals surface area contributed by atoms with Gasteiger partial charge >= 0.3 is 5.97 Å². The van der Waals surface area contributed by atoms with Gasteiger partial charge in [-0.15, -0.1) is 0 Å². The summed E-state index contributed by atoms with van der Waals surface area (Å²) in [5, 5.41) is 11.5. The van der Waals surface area contributed by atoms with E-state index in [-0.39, 0.29) is 5.97 Å². The average molecular weight is 265 g/mol. The molecule has 1 aromatic carbocycles. The summed E-state index contributed by atoms with van der Waals surface area (Å²) in [5.74, 6) is 0.513. The largest absolute Gasteiger partial charge is 0.493 e. The number of rotatable bonds is 8. The first kappa shape index (κ1) is 15.0. The van der Waals surface area contributed by atoms with Gasteiger partial charge in [-0.2, -0.15) is 0 Å². The number of esters is 1. The van der Waals surface area contributed by atoms with Crippen molar-refractivity contribution in [1.29, 1.82) is 0 Å². The third kappa shape index (κ3) is 5.90. The molecule has 0 aliphatic rings. The van der Waals surface area contributed by atoms with Crippen LogP contribution in [-0.4, -0.2) is 31.1 Å². The minimum atomic E-state index is -0.176. The van der Waals surface area contributed by atoms with Crippen LogP contribution in [0.5, 0.6) is 5.75 Å². The van der Waals surface area contributed by atoms with Crippen molar-refractivity contribution < 1.29 is 19.5 Å². The molecular formula is C14H19NO4. The number of ether oxygens (including phenoxy) is 2. The number of hydrogen-bond donors (Lipinski definition) is 1. The monoisotopic (exact) mass is 265 g/mol. The van der Waals surface area contributed by atoms with Crippen LogP contribution in [0.15, 0.2) is 29.4 Å². The fraction of sp³-hybridized carbons (Fsp3) is 0.429. The Labute approximate surface area is 112 Å². The zero-order chi connectivity index (χ0) is 13.9. The molecule has 5 heteroatoms. The maximum Gasteiger partial charge on any atom is 0.305 e. The Kier molecular flexibility index (Phi) is 7.09. The van der Waals surface area contributed by atoms with Gasteiger partial charge < -0.3 is 14.7 Å². The zero-order valence-corrected chi connectivity index (χ0v) is 11.0. The van der Waals surface area contributed by atoms with Crippen molar-refractivity contribution in [3.63, 3.8) is 0 Å². The lowest BCUT2D eigenvalue weighted by Crippen LogP contribution is -2.02. The van der Waals surface area contributed by atoms with Crippen LogP contribution in [0.25, 0.3) is 0 Å². The van der Waals surface area contributed by atoms with E-state index in [1.165, 1.54) is 13.3 Å². The lowest BCUT2D eigenvalue weighted by atomic mass is 10.2. The van der Waals surface area contributed by atoms with E-state index in [2.05, 4.69) is 9.89 Å². The van der Waals surface area contributed by atoms with Crippen LogP contribution in [0, 0.1) is 0 Å². The van der Waals surface area contributed by atoms with E-state index in [9.17, 15) is 4.79 Å². The number of unbranched alkanes of at least 4 members (excludes halogenated alkanes) is 2. The number of nitrogens with zero attached hydrogens (tertiary/aromatic N) is 1. The van der Waals surface area contributed by atoms with Crippen LogP contribution in [0.2, 0.25) is 0 Å². The van der Waals surface area contributed by atoms with Crippen LogP contribution in [0.4, 0.5) is 0 Å². The van der Waals surface area contributed by atoms with Crippen molar-refractivity contribution in [2.45, 2.75) is 25.7 Å². The molecule has 0 aromatic heterocycles. The number of methoxy groups -OCH3 is 1. The lowest BCUT2D eigenvalue weighted by Gasteiger charge is -2.08. The van der Waals surface area contributed by atoms with Gasteiger partial charge in [-0.3, -0.25) is 4.79 Å². The third-order valence-electron chi connectivity index (χ3n) is 2.63. The maximum absolute atomic E-state index is 10.9. The molecule has 0 fully saturated rings. The zero-order valence-electron chi connectivity index (χ0n) is 11.0. The molecule has 1 N–H and O–H groups in total. The standard InChI is InChI=1S/C14H19NO4/c1-18-14(16)9-3-2-6-10-19-13-8-5-4-7-12(13)11-15-17/h4-5,7-8,11,17H,2-3,6,9-10H2,1H3/b15-11+. The molecule has 1 rings (SSSR count). The van der Waals surface area contributed by atoms with E-state index >= 15 is 0 Å². The second-order valence-corrected chi connectivity index (χ2v) is 4.02. The quantitative estimate of drug-likeness (QED) is 0.258. The Balaban J connectivity index is 2.24. The smallest absolute Gasteiger partial charge is 0.305 e. The van der Waals surface area contributed by atoms with Crippen molar-refractivity contribution in [2.75, 3.05) is 13.7 Å². The van der Waals surface area contributed by atoms with E-state index in [0.717, 1.165) is 24.8 Å². The van der Waals surface area contributed by atoms with E-state index in [1.807, 2.05) is 24.3 Å². The number of oxime groups is 1. The van der Waals surface area contributed by atoms with E-state index in [0.29, 0.717) is 18.8 Å². The average Bonchev–Trinajstić information content (AvgIpc) is 2.44. The molecule has 0 aliphatic carbocycles. The Morgan fingerprint density at radius 3 is 2.84 bits per heavy atom. The summed E-state index contributed by atoms with van der Waals surface area (Å²) in [6.07, 6.45) is 4.36. The molecule has 0 radical (unpaired) electrons. The van der Waals surface area contributed by atoms with Gasteiger partial charge in [0.2, 0.25) is 0 Å². The molecule has 0 saturated carbocycles. The second-order valence-electron chi connectivity index (χ2n) is 4.02. The van der Waals surface area contributed by atoms with Gasteiger partial charge in [-0.1, -0.05) is 17.3 Å². The number of hydrogen-bond acceptors (Lipinski definition) is 5. The van der Waals surface area contributed by atoms with Crippen LogP contribution in [-0.2, 0) is 9.53 Å². The first-order valence-electron chi connectivity index (χ1n) is 6.24. The highest BCUT2D eigenvalue weighted by Crippen LogP contribution is 2.16. The van der Waals surface area contributed by atoms with Gasteiger partial charge in [0.1, 0.15) is 5.75 Å². The molecule has 1 aromatic rings. The highest BCUT2D eigenvalue weighted by molar-refractivity contribution is 5.82. The van der Waals surface area contributed by atoms with Crippen molar-refractivity contribution in [2.24, 2.45) is 5.16 Å². The van der Waals surface area contributed by atoms with Crippen LogP contribution in [0.3, 0.4) is 0 Å². The van der Waals surface area contributed by atoms with Gasteiger partial charge in [0.05, 0.1) is 19.9 Å². The Morgan fingerprint density at radius 1 is 1.32 bits per heavy atom. The summed E-state index contributed by atoms with van der Waals surface area (Å²) in [7, 11) is 1.39. The molecule has 19 heavy (non-hydrogen) atoms. The summed E-state index contributed by atoms with van der Waals surface area (Å²) in [5.41, 5.74) is 0.736. The minimum absolute atomic E-state index is 0.176. The van der Waals surface area contributed by atoms with Gasteiger partial charge in [0.15, 0.2) is 0 Å². The van der Waals surface area contributed by atoms with E-state index < -0.39 is 0 Å². The number of para-hydroxylation sites is 1. The van der Waals surface area contributed by atoms with Crippen molar-refractivity contribution in [3.05, 3.63) is 29.8 Å². The first-order valence-corrected chi connectivity index (χ1v) is 6.24. The summed E-state index contributed by atoms with van der Waals surface area (Å²) < 4.78 is 10.2. The SMILES string of the molecule is COC(=O)CCCCCOc1ccccc1/C=N/O. The third-order valence-corrected chi connectivity index (χ3v) is 2.63. The van der Waals surface area contributed by atoms with Crippen LogP contribution >= 0.6 is 0 Å². The summed E-state index contributed by atoms with van der Waals surface area (Å²) in [4.78, 5) is 10.9. The van der Waals surface area contributed by atoms with E-state index in [1.54, 1.807) is 0 Å². The van der Waals surface area contributed by atoms with E-state index in [4.69, 9.17) is 9.94 Å². The fourth-order valence-electron chi connectivity index (χ4n) is 1.61. The molecule has 5 nitrogen and oxygen atoms in total. The molecule has 104 valence electrons. The summed E-state index contributed by atoms with van der Waals surface area (Å²) in [6.45, 7) is 0.567. The highest BCUT2D eigenvalue weighted by atomic mass is 16.5. The number of benzene rings is 1. The van der Waals surface area contributed by atoms with Crippen LogP contribution in [0.1, 0.15) is 31.2 Å². The molecule has 0 spiro atoms.